The molecule has 3 nitrogen and oxygen atoms in total. The van der Waals surface area contributed by atoms with Crippen LogP contribution < -0.4 is 11.1 Å². The zero-order chi connectivity index (χ0) is 12.4. The number of hydrogen-bond acceptors (Lipinski definition) is 3. The van der Waals surface area contributed by atoms with Crippen LogP contribution in [0.1, 0.15) is 0 Å². The molecule has 0 unspecified atom stereocenters. The van der Waals surface area contributed by atoms with Crippen LogP contribution in [0, 0.1) is 0 Å². The highest BCUT2D eigenvalue weighted by Gasteiger charge is 2.07. The van der Waals surface area contributed by atoms with Crippen LogP contribution in [0.3, 0.4) is 0 Å². The Balaban J connectivity index is 2.37. The summed E-state index contributed by atoms with van der Waals surface area (Å²) in [5.74, 6) is 0.384. The second-order valence-corrected chi connectivity index (χ2v) is 4.53. The van der Waals surface area contributed by atoms with Crippen LogP contribution in [0.15, 0.2) is 30.5 Å². The molecule has 0 amide bonds. The van der Waals surface area contributed by atoms with Crippen LogP contribution in [0.5, 0.6) is 0 Å². The quantitative estimate of drug-likeness (QED) is 0.807. The second kappa shape index (κ2) is 5.00. The summed E-state index contributed by atoms with van der Waals surface area (Å²) in [7, 11) is 0. The van der Waals surface area contributed by atoms with E-state index in [0.29, 0.717) is 32.3 Å². The molecule has 3 N–H and O–H groups in total. The predicted molar refractivity (Wildman–Crippen MR) is 73.4 cm³/mol. The average molecular weight is 289 g/mol. The first-order valence-electron chi connectivity index (χ1n) is 4.70. The Hall–Kier alpha value is -1.16. The van der Waals surface area contributed by atoms with Crippen molar-refractivity contribution in [3.63, 3.8) is 0 Å². The van der Waals surface area contributed by atoms with Crippen molar-refractivity contribution >= 4 is 52.0 Å². The molecule has 1 heterocycles. The zero-order valence-electron chi connectivity index (χ0n) is 8.55. The molecule has 2 aromatic rings. The molecule has 1 aromatic heterocycles. The lowest BCUT2D eigenvalue weighted by Gasteiger charge is -2.10. The van der Waals surface area contributed by atoms with Crippen LogP contribution in [0.25, 0.3) is 0 Å². The van der Waals surface area contributed by atoms with Gasteiger partial charge in [0.05, 0.1) is 26.4 Å². The minimum absolute atomic E-state index is 0.384. The van der Waals surface area contributed by atoms with E-state index in [1.165, 1.54) is 0 Å². The summed E-state index contributed by atoms with van der Waals surface area (Å²) < 4.78 is 0. The SMILES string of the molecule is Nc1ncccc1Nc1cc(Cl)c(Cl)cc1Cl. The Morgan fingerprint density at radius 3 is 2.41 bits per heavy atom. The van der Waals surface area contributed by atoms with Crippen LogP contribution in [-0.2, 0) is 0 Å². The molecule has 0 aliphatic heterocycles. The van der Waals surface area contributed by atoms with Crippen molar-refractivity contribution < 1.29 is 0 Å². The van der Waals surface area contributed by atoms with Crippen molar-refractivity contribution in [2.24, 2.45) is 0 Å². The molecule has 0 fully saturated rings. The molecule has 2 rings (SSSR count). The molecular formula is C11H8Cl3N3. The lowest BCUT2D eigenvalue weighted by molar-refractivity contribution is 1.33. The molecule has 88 valence electrons. The van der Waals surface area contributed by atoms with Crippen molar-refractivity contribution in [1.29, 1.82) is 0 Å². The number of benzene rings is 1. The minimum atomic E-state index is 0.384. The number of nitrogen functional groups attached to an aromatic ring is 1. The number of anilines is 3. The minimum Gasteiger partial charge on any atom is -0.382 e. The van der Waals surface area contributed by atoms with Crippen molar-refractivity contribution in [3.8, 4) is 0 Å². The van der Waals surface area contributed by atoms with Gasteiger partial charge in [-0.1, -0.05) is 34.8 Å². The van der Waals surface area contributed by atoms with Crippen molar-refractivity contribution in [3.05, 3.63) is 45.5 Å². The van der Waals surface area contributed by atoms with Gasteiger partial charge in [-0.3, -0.25) is 0 Å². The van der Waals surface area contributed by atoms with Gasteiger partial charge in [0.1, 0.15) is 5.82 Å². The van der Waals surface area contributed by atoms with E-state index in [1.54, 1.807) is 30.5 Å². The molecule has 0 aliphatic carbocycles. The van der Waals surface area contributed by atoms with Crippen LogP contribution in [0.2, 0.25) is 15.1 Å². The summed E-state index contributed by atoms with van der Waals surface area (Å²) in [6.45, 7) is 0. The summed E-state index contributed by atoms with van der Waals surface area (Å²) in [5.41, 5.74) is 7.00. The Morgan fingerprint density at radius 1 is 1.00 bits per heavy atom. The summed E-state index contributed by atoms with van der Waals surface area (Å²) >= 11 is 17.8. The second-order valence-electron chi connectivity index (χ2n) is 3.31. The lowest BCUT2D eigenvalue weighted by Crippen LogP contribution is -1.98. The first-order valence-corrected chi connectivity index (χ1v) is 5.83. The highest BCUT2D eigenvalue weighted by molar-refractivity contribution is 6.44. The van der Waals surface area contributed by atoms with E-state index in [1.807, 2.05) is 0 Å². The molecule has 0 radical (unpaired) electrons. The van der Waals surface area contributed by atoms with E-state index in [9.17, 15) is 0 Å². The average Bonchev–Trinajstić information content (AvgIpc) is 2.29. The zero-order valence-corrected chi connectivity index (χ0v) is 10.8. The van der Waals surface area contributed by atoms with Crippen LogP contribution in [-0.4, -0.2) is 4.98 Å². The molecule has 6 heteroatoms. The maximum Gasteiger partial charge on any atom is 0.147 e. The van der Waals surface area contributed by atoms with Gasteiger partial charge in [-0.2, -0.15) is 0 Å². The number of pyridine rings is 1. The van der Waals surface area contributed by atoms with E-state index < -0.39 is 0 Å². The number of nitrogens with zero attached hydrogens (tertiary/aromatic N) is 1. The fourth-order valence-electron chi connectivity index (χ4n) is 1.29. The van der Waals surface area contributed by atoms with Gasteiger partial charge in [0, 0.05) is 6.20 Å². The van der Waals surface area contributed by atoms with E-state index in [-0.39, 0.29) is 0 Å². The molecule has 1 aromatic carbocycles. The fraction of sp³-hybridized carbons (Fsp3) is 0. The largest absolute Gasteiger partial charge is 0.382 e. The number of nitrogens with one attached hydrogen (secondary N) is 1. The summed E-state index contributed by atoms with van der Waals surface area (Å²) in [5, 5.41) is 4.33. The third kappa shape index (κ3) is 2.75. The number of hydrogen-bond donors (Lipinski definition) is 2. The molecule has 0 saturated carbocycles. The van der Waals surface area contributed by atoms with E-state index in [4.69, 9.17) is 40.5 Å². The maximum atomic E-state index is 6.04. The topological polar surface area (TPSA) is 50.9 Å². The molecule has 17 heavy (non-hydrogen) atoms. The highest BCUT2D eigenvalue weighted by atomic mass is 35.5. The number of nitrogens with two attached hydrogens (primary N) is 1. The number of rotatable bonds is 2. The summed E-state index contributed by atoms with van der Waals surface area (Å²) in [6, 6.07) is 6.77. The molecule has 0 aliphatic rings. The van der Waals surface area contributed by atoms with Crippen LogP contribution in [0.4, 0.5) is 17.2 Å². The first kappa shape index (κ1) is 12.3. The third-order valence-electron chi connectivity index (χ3n) is 2.12. The number of halogens is 3. The van der Waals surface area contributed by atoms with Gasteiger partial charge in [-0.05, 0) is 24.3 Å². The van der Waals surface area contributed by atoms with Gasteiger partial charge in [0.2, 0.25) is 0 Å². The standard InChI is InChI=1S/C11H8Cl3N3/c12-6-4-8(14)10(5-7(6)13)17-9-2-1-3-16-11(9)15/h1-5,17H,(H2,15,16). The summed E-state index contributed by atoms with van der Waals surface area (Å²) in [4.78, 5) is 3.96. The highest BCUT2D eigenvalue weighted by Crippen LogP contribution is 2.34. The lowest BCUT2D eigenvalue weighted by atomic mass is 10.3. The monoisotopic (exact) mass is 287 g/mol. The molecular weight excluding hydrogens is 281 g/mol. The first-order chi connectivity index (χ1) is 8.08. The van der Waals surface area contributed by atoms with Crippen LogP contribution >= 0.6 is 34.8 Å². The number of aromatic nitrogens is 1. The van der Waals surface area contributed by atoms with Gasteiger partial charge >= 0.3 is 0 Å². The van der Waals surface area contributed by atoms with Gasteiger partial charge in [-0.25, -0.2) is 4.98 Å². The molecule has 0 spiro atoms. The fourth-order valence-corrected chi connectivity index (χ4v) is 1.88. The Labute approximate surface area is 114 Å². The normalized spacial score (nSPS) is 10.3. The van der Waals surface area contributed by atoms with Gasteiger partial charge in [-0.15, -0.1) is 0 Å². The van der Waals surface area contributed by atoms with E-state index >= 15 is 0 Å². The smallest absolute Gasteiger partial charge is 0.147 e. The molecule has 0 atom stereocenters. The maximum absolute atomic E-state index is 6.04. The molecule has 0 saturated heterocycles. The van der Waals surface area contributed by atoms with Gasteiger partial charge in [0.15, 0.2) is 0 Å². The van der Waals surface area contributed by atoms with E-state index in [2.05, 4.69) is 10.3 Å². The van der Waals surface area contributed by atoms with Gasteiger partial charge < -0.3 is 11.1 Å². The molecule has 0 bridgehead atoms. The van der Waals surface area contributed by atoms with Crippen molar-refractivity contribution in [1.82, 2.24) is 4.98 Å². The summed E-state index contributed by atoms with van der Waals surface area (Å²) in [6.07, 6.45) is 1.61. The Bertz CT molecular complexity index is 558. The Kier molecular flexibility index (Phi) is 3.62. The van der Waals surface area contributed by atoms with E-state index in [0.717, 1.165) is 0 Å². The van der Waals surface area contributed by atoms with Crippen molar-refractivity contribution in [2.45, 2.75) is 0 Å². The third-order valence-corrected chi connectivity index (χ3v) is 3.15. The predicted octanol–water partition coefficient (Wildman–Crippen LogP) is 4.37. The van der Waals surface area contributed by atoms with Crippen molar-refractivity contribution in [2.75, 3.05) is 11.1 Å². The Morgan fingerprint density at radius 2 is 1.71 bits per heavy atom. The van der Waals surface area contributed by atoms with Gasteiger partial charge in [0.25, 0.3) is 0 Å².